The summed E-state index contributed by atoms with van der Waals surface area (Å²) in [5, 5.41) is 25.2. The van der Waals surface area contributed by atoms with Crippen LogP contribution in [0.3, 0.4) is 0 Å². The highest BCUT2D eigenvalue weighted by Gasteiger charge is 2.15. The zero-order chi connectivity index (χ0) is 20.1. The van der Waals surface area contributed by atoms with Crippen LogP contribution in [0.4, 0.5) is 11.4 Å². The maximum absolute atomic E-state index is 12.3. The van der Waals surface area contributed by atoms with E-state index in [2.05, 4.69) is 10.6 Å². The van der Waals surface area contributed by atoms with Crippen LogP contribution in [0, 0.1) is 21.4 Å². The maximum Gasteiger partial charge on any atom is 0.293 e. The summed E-state index contributed by atoms with van der Waals surface area (Å²) in [5.41, 5.74) is 1.23. The van der Waals surface area contributed by atoms with E-state index in [1.165, 1.54) is 30.3 Å². The Morgan fingerprint density at radius 3 is 2.68 bits per heavy atom. The zero-order valence-electron chi connectivity index (χ0n) is 14.2. The molecule has 9 heteroatoms. The lowest BCUT2D eigenvalue weighted by atomic mass is 10.1. The Morgan fingerprint density at radius 1 is 1.14 bits per heavy atom. The molecule has 1 aromatic heterocycles. The first-order chi connectivity index (χ1) is 13.5. The summed E-state index contributed by atoms with van der Waals surface area (Å²) in [5.74, 6) is -0.301. The average molecular weight is 392 g/mol. The molecule has 138 valence electrons. The first-order valence-electron chi connectivity index (χ1n) is 7.94. The predicted octanol–water partition coefficient (Wildman–Crippen LogP) is 3.85. The zero-order valence-corrected chi connectivity index (χ0v) is 15.0. The number of rotatable bonds is 4. The third kappa shape index (κ3) is 4.20. The van der Waals surface area contributed by atoms with Crippen molar-refractivity contribution in [2.24, 2.45) is 0 Å². The lowest BCUT2D eigenvalue weighted by Crippen LogP contribution is -2.34. The number of furan rings is 1. The van der Waals surface area contributed by atoms with Crippen molar-refractivity contribution in [3.05, 3.63) is 82.1 Å². The van der Waals surface area contributed by atoms with Crippen LogP contribution < -0.4 is 10.6 Å². The number of non-ortho nitro benzene ring substituents is 1. The first-order valence-corrected chi connectivity index (χ1v) is 8.35. The fraction of sp³-hybridized carbons (Fsp3) is 0. The van der Waals surface area contributed by atoms with E-state index in [9.17, 15) is 14.9 Å². The molecule has 2 N–H and O–H groups in total. The lowest BCUT2D eigenvalue weighted by Gasteiger charge is -2.09. The van der Waals surface area contributed by atoms with Gasteiger partial charge in [0.1, 0.15) is 11.8 Å². The summed E-state index contributed by atoms with van der Waals surface area (Å²) in [6, 6.07) is 17.6. The Morgan fingerprint density at radius 2 is 1.93 bits per heavy atom. The molecule has 0 saturated heterocycles. The normalized spacial score (nSPS) is 9.96. The predicted molar refractivity (Wildman–Crippen MR) is 106 cm³/mol. The third-order valence-electron chi connectivity index (χ3n) is 3.69. The number of nitriles is 1. The molecule has 3 aromatic rings. The van der Waals surface area contributed by atoms with Gasteiger partial charge in [0.2, 0.25) is 0 Å². The van der Waals surface area contributed by atoms with Crippen LogP contribution in [0.15, 0.2) is 65.1 Å². The van der Waals surface area contributed by atoms with Gasteiger partial charge in [-0.2, -0.15) is 5.26 Å². The largest absolute Gasteiger partial charge is 0.451 e. The standard InChI is InChI=1S/C19H12N4O4S/c20-11-13-4-1-2-7-15(13)21-19(28)22-18(24)17-9-8-16(27-17)12-5-3-6-14(10-12)23(25)26/h1-10H,(H2,21,22,24,28). The second kappa shape index (κ2) is 8.11. The van der Waals surface area contributed by atoms with E-state index < -0.39 is 10.8 Å². The molecule has 1 heterocycles. The molecule has 0 unspecified atom stereocenters. The summed E-state index contributed by atoms with van der Waals surface area (Å²) in [4.78, 5) is 22.7. The molecular formula is C19H12N4O4S. The highest BCUT2D eigenvalue weighted by Crippen LogP contribution is 2.25. The number of hydrogen-bond acceptors (Lipinski definition) is 6. The van der Waals surface area contributed by atoms with Crippen molar-refractivity contribution < 1.29 is 14.1 Å². The molecule has 2 aromatic carbocycles. The summed E-state index contributed by atoms with van der Waals surface area (Å²) < 4.78 is 5.49. The van der Waals surface area contributed by atoms with Gasteiger partial charge >= 0.3 is 0 Å². The first kappa shape index (κ1) is 18.8. The second-order valence-corrected chi connectivity index (χ2v) is 5.95. The second-order valence-electron chi connectivity index (χ2n) is 5.54. The Labute approximate surface area is 164 Å². The monoisotopic (exact) mass is 392 g/mol. The summed E-state index contributed by atoms with van der Waals surface area (Å²) in [6.07, 6.45) is 0. The number of thiocarbonyl (C=S) groups is 1. The van der Waals surface area contributed by atoms with Crippen molar-refractivity contribution in [2.45, 2.75) is 0 Å². The van der Waals surface area contributed by atoms with Crippen molar-refractivity contribution in [3.8, 4) is 17.4 Å². The lowest BCUT2D eigenvalue weighted by molar-refractivity contribution is -0.384. The number of nitro benzene ring substituents is 1. The van der Waals surface area contributed by atoms with E-state index in [4.69, 9.17) is 21.9 Å². The summed E-state index contributed by atoms with van der Waals surface area (Å²) >= 11 is 5.10. The van der Waals surface area contributed by atoms with Gasteiger partial charge < -0.3 is 9.73 Å². The summed E-state index contributed by atoms with van der Waals surface area (Å²) in [6.45, 7) is 0. The molecule has 28 heavy (non-hydrogen) atoms. The number of nitro groups is 1. The molecule has 0 radical (unpaired) electrons. The van der Waals surface area contributed by atoms with E-state index in [-0.39, 0.29) is 16.6 Å². The fourth-order valence-electron chi connectivity index (χ4n) is 2.40. The van der Waals surface area contributed by atoms with Gasteiger partial charge in [-0.1, -0.05) is 24.3 Å². The smallest absolute Gasteiger partial charge is 0.293 e. The molecule has 8 nitrogen and oxygen atoms in total. The molecule has 0 atom stereocenters. The Balaban J connectivity index is 1.71. The van der Waals surface area contributed by atoms with Gasteiger partial charge in [-0.15, -0.1) is 0 Å². The number of carbonyl (C=O) groups excluding carboxylic acids is 1. The van der Waals surface area contributed by atoms with Crippen molar-refractivity contribution >= 4 is 34.6 Å². The van der Waals surface area contributed by atoms with E-state index in [1.807, 2.05) is 6.07 Å². The van der Waals surface area contributed by atoms with Gasteiger partial charge in [-0.25, -0.2) is 0 Å². The molecule has 0 aliphatic rings. The van der Waals surface area contributed by atoms with Gasteiger partial charge in [0.15, 0.2) is 10.9 Å². The molecule has 0 fully saturated rings. The number of hydrogen-bond donors (Lipinski definition) is 2. The Kier molecular flexibility index (Phi) is 5.43. The molecule has 0 bridgehead atoms. The van der Waals surface area contributed by atoms with Crippen LogP contribution in [0.2, 0.25) is 0 Å². The SMILES string of the molecule is N#Cc1ccccc1NC(=S)NC(=O)c1ccc(-c2cccc([N+](=O)[O-])c2)o1. The highest BCUT2D eigenvalue weighted by atomic mass is 32.1. The number of para-hydroxylation sites is 1. The number of benzene rings is 2. The molecule has 3 rings (SSSR count). The van der Waals surface area contributed by atoms with E-state index in [1.54, 1.807) is 30.3 Å². The van der Waals surface area contributed by atoms with Gasteiger partial charge in [0.25, 0.3) is 11.6 Å². The highest BCUT2D eigenvalue weighted by molar-refractivity contribution is 7.80. The quantitative estimate of drug-likeness (QED) is 0.393. The van der Waals surface area contributed by atoms with Crippen molar-refractivity contribution in [1.82, 2.24) is 5.32 Å². The number of anilines is 1. The van der Waals surface area contributed by atoms with Crippen LogP contribution in [-0.4, -0.2) is 15.9 Å². The fourth-order valence-corrected chi connectivity index (χ4v) is 2.60. The minimum atomic E-state index is -0.594. The Hall–Kier alpha value is -4.03. The minimum Gasteiger partial charge on any atom is -0.451 e. The van der Waals surface area contributed by atoms with Crippen molar-refractivity contribution in [3.63, 3.8) is 0 Å². The molecule has 0 aliphatic heterocycles. The van der Waals surface area contributed by atoms with Gasteiger partial charge in [0.05, 0.1) is 16.2 Å². The van der Waals surface area contributed by atoms with E-state index in [0.717, 1.165) is 0 Å². The molecule has 0 aliphatic carbocycles. The molecular weight excluding hydrogens is 380 g/mol. The van der Waals surface area contributed by atoms with Gasteiger partial charge in [-0.05, 0) is 36.5 Å². The molecule has 0 spiro atoms. The van der Waals surface area contributed by atoms with Crippen molar-refractivity contribution in [2.75, 3.05) is 5.32 Å². The topological polar surface area (TPSA) is 121 Å². The molecule has 0 saturated carbocycles. The van der Waals surface area contributed by atoms with Crippen LogP contribution >= 0.6 is 12.2 Å². The van der Waals surface area contributed by atoms with Crippen molar-refractivity contribution in [1.29, 1.82) is 5.26 Å². The number of carbonyl (C=O) groups is 1. The molecule has 1 amide bonds. The van der Waals surface area contributed by atoms with Crippen LogP contribution in [0.25, 0.3) is 11.3 Å². The number of nitrogens with zero attached hydrogens (tertiary/aromatic N) is 2. The minimum absolute atomic E-state index is 0.000925. The average Bonchev–Trinajstić information content (AvgIpc) is 3.19. The maximum atomic E-state index is 12.3. The number of amides is 1. The van der Waals surface area contributed by atoms with E-state index in [0.29, 0.717) is 22.6 Å². The Bertz CT molecular complexity index is 1120. The summed E-state index contributed by atoms with van der Waals surface area (Å²) in [7, 11) is 0. The van der Waals surface area contributed by atoms with Crippen LogP contribution in [0.1, 0.15) is 16.1 Å². The van der Waals surface area contributed by atoms with Crippen LogP contribution in [0.5, 0.6) is 0 Å². The van der Waals surface area contributed by atoms with Crippen LogP contribution in [-0.2, 0) is 0 Å². The number of nitrogens with one attached hydrogen (secondary N) is 2. The third-order valence-corrected chi connectivity index (χ3v) is 3.90. The van der Waals surface area contributed by atoms with Gasteiger partial charge in [0, 0.05) is 17.7 Å². The van der Waals surface area contributed by atoms with Gasteiger partial charge in [-0.3, -0.25) is 20.2 Å². The van der Waals surface area contributed by atoms with E-state index >= 15 is 0 Å².